The molecule has 1 aliphatic carbocycles. The summed E-state index contributed by atoms with van der Waals surface area (Å²) in [4.78, 5) is 2.28. The first kappa shape index (κ1) is 14.2. The Labute approximate surface area is 110 Å². The third-order valence-electron chi connectivity index (χ3n) is 4.40. The van der Waals surface area contributed by atoms with E-state index in [1.165, 1.54) is 6.26 Å². The van der Waals surface area contributed by atoms with Crippen LogP contribution in [-0.4, -0.2) is 63.2 Å². The molecule has 18 heavy (non-hydrogen) atoms. The molecule has 0 spiro atoms. The molecule has 0 aromatic heterocycles. The second kappa shape index (κ2) is 5.45. The largest absolute Gasteiger partial charge is 0.380 e. The molecule has 0 bridgehead atoms. The molecule has 0 radical (unpaired) electrons. The van der Waals surface area contributed by atoms with Gasteiger partial charge in [-0.2, -0.15) is 0 Å². The molecule has 2 aliphatic rings. The van der Waals surface area contributed by atoms with Crippen LogP contribution in [0.3, 0.4) is 0 Å². The zero-order valence-corrected chi connectivity index (χ0v) is 11.9. The fraction of sp³-hybridized carbons (Fsp3) is 1.00. The molecular weight excluding hydrogens is 252 g/mol. The molecule has 0 aromatic rings. The van der Waals surface area contributed by atoms with Gasteiger partial charge in [0.05, 0.1) is 11.9 Å². The predicted octanol–water partition coefficient (Wildman–Crippen LogP) is 0.00330. The lowest BCUT2D eigenvalue weighted by atomic mass is 9.94. The summed E-state index contributed by atoms with van der Waals surface area (Å²) in [5, 5.41) is -0.312. The van der Waals surface area contributed by atoms with Crippen molar-refractivity contribution in [1.82, 2.24) is 4.90 Å². The van der Waals surface area contributed by atoms with Gasteiger partial charge in [0.2, 0.25) is 0 Å². The van der Waals surface area contributed by atoms with Crippen LogP contribution >= 0.6 is 0 Å². The van der Waals surface area contributed by atoms with Crippen molar-refractivity contribution in [2.45, 2.75) is 36.5 Å². The first-order chi connectivity index (χ1) is 8.50. The first-order valence-corrected chi connectivity index (χ1v) is 8.68. The normalized spacial score (nSPS) is 35.6. The van der Waals surface area contributed by atoms with Gasteiger partial charge in [0.1, 0.15) is 0 Å². The molecule has 2 N–H and O–H groups in total. The number of nitrogens with two attached hydrogens (primary N) is 1. The fourth-order valence-electron chi connectivity index (χ4n) is 3.55. The van der Waals surface area contributed by atoms with Gasteiger partial charge in [-0.25, -0.2) is 8.42 Å². The van der Waals surface area contributed by atoms with E-state index < -0.39 is 9.84 Å². The maximum atomic E-state index is 12.0. The number of ether oxygens (including phenoxy) is 1. The van der Waals surface area contributed by atoms with Crippen LogP contribution in [0.15, 0.2) is 0 Å². The summed E-state index contributed by atoms with van der Waals surface area (Å²) in [6, 6.07) is 0. The van der Waals surface area contributed by atoms with E-state index in [1.54, 1.807) is 0 Å². The SMILES string of the molecule is CS(=O)(=O)C1CCCC1(CN)N1CCCOCC1. The minimum absolute atomic E-state index is 0.312. The van der Waals surface area contributed by atoms with E-state index in [9.17, 15) is 8.42 Å². The molecule has 106 valence electrons. The monoisotopic (exact) mass is 276 g/mol. The van der Waals surface area contributed by atoms with Crippen LogP contribution in [-0.2, 0) is 14.6 Å². The number of hydrogen-bond acceptors (Lipinski definition) is 5. The molecule has 2 atom stereocenters. The Morgan fingerprint density at radius 2 is 2.11 bits per heavy atom. The van der Waals surface area contributed by atoms with E-state index >= 15 is 0 Å². The van der Waals surface area contributed by atoms with Gasteiger partial charge >= 0.3 is 0 Å². The lowest BCUT2D eigenvalue weighted by molar-refractivity contribution is 0.0880. The van der Waals surface area contributed by atoms with Gasteiger partial charge in [-0.1, -0.05) is 6.42 Å². The second-order valence-electron chi connectivity index (χ2n) is 5.47. The summed E-state index contributed by atoms with van der Waals surface area (Å²) in [5.41, 5.74) is 5.63. The van der Waals surface area contributed by atoms with Crippen LogP contribution in [0.2, 0.25) is 0 Å². The molecule has 0 amide bonds. The minimum Gasteiger partial charge on any atom is -0.380 e. The van der Waals surface area contributed by atoms with Gasteiger partial charge in [0, 0.05) is 38.0 Å². The Kier molecular flexibility index (Phi) is 4.31. The lowest BCUT2D eigenvalue weighted by Crippen LogP contribution is -2.61. The summed E-state index contributed by atoms with van der Waals surface area (Å²) in [6.45, 7) is 3.55. The molecule has 1 saturated heterocycles. The van der Waals surface area contributed by atoms with Crippen molar-refractivity contribution in [2.75, 3.05) is 39.1 Å². The van der Waals surface area contributed by atoms with Gasteiger partial charge in [-0.3, -0.25) is 4.90 Å². The van der Waals surface area contributed by atoms with E-state index in [-0.39, 0.29) is 10.8 Å². The predicted molar refractivity (Wildman–Crippen MR) is 71.3 cm³/mol. The maximum Gasteiger partial charge on any atom is 0.152 e. The van der Waals surface area contributed by atoms with E-state index in [0.29, 0.717) is 13.2 Å². The van der Waals surface area contributed by atoms with Crippen molar-refractivity contribution >= 4 is 9.84 Å². The van der Waals surface area contributed by atoms with E-state index in [2.05, 4.69) is 4.90 Å². The molecule has 5 nitrogen and oxygen atoms in total. The van der Waals surface area contributed by atoms with E-state index in [1.807, 2.05) is 0 Å². The number of hydrogen-bond donors (Lipinski definition) is 1. The van der Waals surface area contributed by atoms with Crippen LogP contribution in [0, 0.1) is 0 Å². The standard InChI is InChI=1S/C12H24N2O3S/c1-18(15,16)11-4-2-5-12(11,10-13)14-6-3-8-17-9-7-14/h11H,2-10,13H2,1H3. The average Bonchev–Trinajstić information content (AvgIpc) is 2.58. The zero-order valence-electron chi connectivity index (χ0n) is 11.1. The van der Waals surface area contributed by atoms with Crippen LogP contribution < -0.4 is 5.73 Å². The molecule has 1 aliphatic heterocycles. The minimum atomic E-state index is -3.05. The molecule has 2 unspecified atom stereocenters. The van der Waals surface area contributed by atoms with E-state index in [0.717, 1.165) is 45.4 Å². The van der Waals surface area contributed by atoms with Gasteiger partial charge in [-0.05, 0) is 19.3 Å². The number of sulfone groups is 1. The fourth-order valence-corrected chi connectivity index (χ4v) is 5.31. The zero-order chi connectivity index (χ0) is 13.2. The highest BCUT2D eigenvalue weighted by molar-refractivity contribution is 7.91. The van der Waals surface area contributed by atoms with Crippen LogP contribution in [0.4, 0.5) is 0 Å². The Morgan fingerprint density at radius 1 is 1.33 bits per heavy atom. The topological polar surface area (TPSA) is 72.6 Å². The van der Waals surface area contributed by atoms with Crippen molar-refractivity contribution in [2.24, 2.45) is 5.73 Å². The highest BCUT2D eigenvalue weighted by atomic mass is 32.2. The van der Waals surface area contributed by atoms with Crippen molar-refractivity contribution in [3.8, 4) is 0 Å². The van der Waals surface area contributed by atoms with E-state index in [4.69, 9.17) is 10.5 Å². The van der Waals surface area contributed by atoms with Gasteiger partial charge in [0.25, 0.3) is 0 Å². The quantitative estimate of drug-likeness (QED) is 0.786. The summed E-state index contributed by atoms with van der Waals surface area (Å²) in [5.74, 6) is 0. The Bertz CT molecular complexity index is 377. The summed E-state index contributed by atoms with van der Waals surface area (Å²) in [6.07, 6.45) is 4.89. The molecular formula is C12H24N2O3S. The Morgan fingerprint density at radius 3 is 2.78 bits per heavy atom. The highest BCUT2D eigenvalue weighted by Gasteiger charge is 2.50. The van der Waals surface area contributed by atoms with Crippen molar-refractivity contribution in [3.05, 3.63) is 0 Å². The van der Waals surface area contributed by atoms with Gasteiger partial charge < -0.3 is 10.5 Å². The van der Waals surface area contributed by atoms with Crippen molar-refractivity contribution in [1.29, 1.82) is 0 Å². The third kappa shape index (κ3) is 2.57. The first-order valence-electron chi connectivity index (χ1n) is 6.72. The van der Waals surface area contributed by atoms with Crippen LogP contribution in [0.1, 0.15) is 25.7 Å². The number of rotatable bonds is 3. The lowest BCUT2D eigenvalue weighted by Gasteiger charge is -2.43. The highest BCUT2D eigenvalue weighted by Crippen LogP contribution is 2.39. The second-order valence-corrected chi connectivity index (χ2v) is 7.70. The summed E-state index contributed by atoms with van der Waals surface area (Å²) in [7, 11) is -3.05. The molecule has 0 aromatic carbocycles. The summed E-state index contributed by atoms with van der Waals surface area (Å²) < 4.78 is 29.5. The van der Waals surface area contributed by atoms with Crippen LogP contribution in [0.5, 0.6) is 0 Å². The van der Waals surface area contributed by atoms with Gasteiger partial charge in [-0.15, -0.1) is 0 Å². The van der Waals surface area contributed by atoms with Crippen molar-refractivity contribution < 1.29 is 13.2 Å². The molecule has 1 saturated carbocycles. The maximum absolute atomic E-state index is 12.0. The van der Waals surface area contributed by atoms with Crippen LogP contribution in [0.25, 0.3) is 0 Å². The third-order valence-corrected chi connectivity index (χ3v) is 6.11. The molecule has 1 heterocycles. The molecule has 2 rings (SSSR count). The Balaban J connectivity index is 2.27. The van der Waals surface area contributed by atoms with Gasteiger partial charge in [0.15, 0.2) is 9.84 Å². The smallest absolute Gasteiger partial charge is 0.152 e. The molecule has 6 heteroatoms. The van der Waals surface area contributed by atoms with Crippen molar-refractivity contribution in [3.63, 3.8) is 0 Å². The Hall–Kier alpha value is -0.170. The summed E-state index contributed by atoms with van der Waals surface area (Å²) >= 11 is 0. The average molecular weight is 276 g/mol. The number of nitrogens with zero attached hydrogens (tertiary/aromatic N) is 1. The molecule has 2 fully saturated rings.